The maximum atomic E-state index is 4.17. The van der Waals surface area contributed by atoms with Gasteiger partial charge in [-0.1, -0.05) is 75.0 Å². The van der Waals surface area contributed by atoms with E-state index in [1.165, 1.54) is 45.2 Å². The summed E-state index contributed by atoms with van der Waals surface area (Å²) in [4.78, 5) is 4.76. The number of fused-ring (bicyclic) bond motifs is 2. The molecule has 1 aliphatic carbocycles. The van der Waals surface area contributed by atoms with Crippen LogP contribution in [0.15, 0.2) is 66.7 Å². The van der Waals surface area contributed by atoms with Gasteiger partial charge in [-0.05, 0) is 90.8 Å². The Bertz CT molecular complexity index is 1130. The van der Waals surface area contributed by atoms with Crippen molar-refractivity contribution in [2.45, 2.75) is 33.6 Å². The van der Waals surface area contributed by atoms with Crippen molar-refractivity contribution in [2.24, 2.45) is 0 Å². The Balaban J connectivity index is 0.00000141. The van der Waals surface area contributed by atoms with Crippen molar-refractivity contribution in [3.63, 3.8) is 0 Å². The van der Waals surface area contributed by atoms with Gasteiger partial charge in [0.05, 0.1) is 0 Å². The van der Waals surface area contributed by atoms with Crippen LogP contribution in [0.25, 0.3) is 12.2 Å². The van der Waals surface area contributed by atoms with E-state index in [9.17, 15) is 0 Å². The van der Waals surface area contributed by atoms with E-state index in [4.69, 9.17) is 0 Å². The van der Waals surface area contributed by atoms with E-state index in [1.807, 2.05) is 13.8 Å². The van der Waals surface area contributed by atoms with E-state index in [0.717, 1.165) is 31.3 Å². The molecule has 2 nitrogen and oxygen atoms in total. The Kier molecular flexibility index (Phi) is 8.30. The van der Waals surface area contributed by atoms with E-state index in [0.29, 0.717) is 0 Å². The molecule has 0 amide bonds. The zero-order valence-electron chi connectivity index (χ0n) is 20.5. The van der Waals surface area contributed by atoms with Crippen LogP contribution in [0, 0.1) is 0 Å². The highest BCUT2D eigenvalue weighted by Crippen LogP contribution is 2.32. The third-order valence-corrected chi connectivity index (χ3v) is 6.02. The molecule has 32 heavy (non-hydrogen) atoms. The van der Waals surface area contributed by atoms with Crippen LogP contribution < -0.4 is 15.3 Å². The minimum absolute atomic E-state index is 0.966. The molecule has 4 rings (SSSR count). The summed E-state index contributed by atoms with van der Waals surface area (Å²) in [5.41, 5.74) is 8.10. The van der Waals surface area contributed by atoms with Gasteiger partial charge < -0.3 is 9.80 Å². The predicted octanol–water partition coefficient (Wildman–Crippen LogP) is 5.05. The van der Waals surface area contributed by atoms with Gasteiger partial charge >= 0.3 is 0 Å². The number of hydrogen-bond acceptors (Lipinski definition) is 2. The molecule has 0 aliphatic heterocycles. The van der Waals surface area contributed by atoms with Crippen LogP contribution >= 0.6 is 0 Å². The average molecular weight is 427 g/mol. The van der Waals surface area contributed by atoms with Gasteiger partial charge in [0.2, 0.25) is 0 Å². The molecular formula is C30H38N2. The lowest BCUT2D eigenvalue weighted by Gasteiger charge is -2.27. The number of rotatable bonds is 7. The Morgan fingerprint density at radius 2 is 1.59 bits per heavy atom. The maximum Gasteiger partial charge on any atom is 0.0369 e. The zero-order valence-corrected chi connectivity index (χ0v) is 20.5. The van der Waals surface area contributed by atoms with E-state index < -0.39 is 0 Å². The summed E-state index contributed by atoms with van der Waals surface area (Å²) >= 11 is 0. The van der Waals surface area contributed by atoms with Gasteiger partial charge in [-0.15, -0.1) is 0 Å². The normalized spacial score (nSPS) is 12.0. The predicted molar refractivity (Wildman–Crippen MR) is 141 cm³/mol. The first-order valence-corrected chi connectivity index (χ1v) is 12.0. The summed E-state index contributed by atoms with van der Waals surface area (Å²) in [5, 5.41) is 2.42. The van der Waals surface area contributed by atoms with Gasteiger partial charge in [-0.2, -0.15) is 0 Å². The molecule has 0 bridgehead atoms. The molecule has 0 aromatic heterocycles. The fourth-order valence-corrected chi connectivity index (χ4v) is 4.52. The Morgan fingerprint density at radius 1 is 0.844 bits per heavy atom. The summed E-state index contributed by atoms with van der Waals surface area (Å²) in [6.45, 7) is 13.7. The molecule has 168 valence electrons. The van der Waals surface area contributed by atoms with Crippen LogP contribution in [0.3, 0.4) is 0 Å². The first kappa shape index (κ1) is 23.8. The summed E-state index contributed by atoms with van der Waals surface area (Å²) in [6, 6.07) is 24.5. The highest BCUT2D eigenvalue weighted by atomic mass is 15.1. The lowest BCUT2D eigenvalue weighted by Crippen LogP contribution is -2.28. The first-order chi connectivity index (χ1) is 15.6. The minimum Gasteiger partial charge on any atom is -0.372 e. The van der Waals surface area contributed by atoms with Gasteiger partial charge in [-0.25, -0.2) is 0 Å². The van der Waals surface area contributed by atoms with Crippen LogP contribution in [-0.4, -0.2) is 38.6 Å². The Labute approximate surface area is 194 Å². The average Bonchev–Trinajstić information content (AvgIpc) is 2.81. The smallest absolute Gasteiger partial charge is 0.0369 e. The summed E-state index contributed by atoms with van der Waals surface area (Å²) in [5.74, 6) is 0. The molecule has 0 heterocycles. The quantitative estimate of drug-likeness (QED) is 0.408. The monoisotopic (exact) mass is 426 g/mol. The molecule has 3 aromatic carbocycles. The van der Waals surface area contributed by atoms with Gasteiger partial charge in [0.25, 0.3) is 0 Å². The maximum absolute atomic E-state index is 4.17. The number of anilines is 1. The molecule has 1 aliphatic rings. The Morgan fingerprint density at radius 3 is 2.28 bits per heavy atom. The Hall–Kier alpha value is -2.84. The molecular weight excluding hydrogens is 388 g/mol. The number of hydrogen-bond donors (Lipinski definition) is 0. The summed E-state index contributed by atoms with van der Waals surface area (Å²) in [7, 11) is 4.29. The lowest BCUT2D eigenvalue weighted by atomic mass is 9.83. The van der Waals surface area contributed by atoms with Crippen molar-refractivity contribution in [1.29, 1.82) is 0 Å². The second-order valence-electron chi connectivity index (χ2n) is 8.49. The van der Waals surface area contributed by atoms with Crippen LogP contribution in [0.4, 0.5) is 5.69 Å². The summed E-state index contributed by atoms with van der Waals surface area (Å²) < 4.78 is 0. The first-order valence-electron chi connectivity index (χ1n) is 12.0. The SMILES string of the molecule is C=c1ccc2c(c1)Cc1cc(N(CC)CCCN(C)C)ccc1C=2c1ccccc1.CC. The lowest BCUT2D eigenvalue weighted by molar-refractivity contribution is 0.400. The van der Waals surface area contributed by atoms with Crippen LogP contribution in [0.5, 0.6) is 0 Å². The van der Waals surface area contributed by atoms with Gasteiger partial charge in [0, 0.05) is 18.8 Å². The molecule has 2 heteroatoms. The molecule has 0 fully saturated rings. The fraction of sp³-hybridized carbons (Fsp3) is 0.333. The van der Waals surface area contributed by atoms with E-state index >= 15 is 0 Å². The highest BCUT2D eigenvalue weighted by Gasteiger charge is 2.19. The third kappa shape index (κ3) is 5.31. The third-order valence-electron chi connectivity index (χ3n) is 6.02. The van der Waals surface area contributed by atoms with Crippen molar-refractivity contribution >= 4 is 17.8 Å². The van der Waals surface area contributed by atoms with Gasteiger partial charge in [0.15, 0.2) is 0 Å². The van der Waals surface area contributed by atoms with Gasteiger partial charge in [0.1, 0.15) is 0 Å². The second kappa shape index (κ2) is 11.2. The largest absolute Gasteiger partial charge is 0.372 e. The van der Waals surface area contributed by atoms with E-state index in [2.05, 4.69) is 104 Å². The number of nitrogens with zero attached hydrogens (tertiary/aromatic N) is 2. The van der Waals surface area contributed by atoms with Crippen molar-refractivity contribution in [3.05, 3.63) is 99.4 Å². The molecule has 0 unspecified atom stereocenters. The fourth-order valence-electron chi connectivity index (χ4n) is 4.52. The summed E-state index contributed by atoms with van der Waals surface area (Å²) in [6.07, 6.45) is 2.14. The van der Waals surface area contributed by atoms with Crippen molar-refractivity contribution in [2.75, 3.05) is 38.6 Å². The molecule has 0 spiro atoms. The molecule has 0 saturated heterocycles. The van der Waals surface area contributed by atoms with E-state index in [1.54, 1.807) is 0 Å². The molecule has 0 radical (unpaired) electrons. The zero-order chi connectivity index (χ0) is 23.1. The molecule has 0 atom stereocenters. The van der Waals surface area contributed by atoms with Crippen LogP contribution in [-0.2, 0) is 6.42 Å². The number of benzene rings is 3. The van der Waals surface area contributed by atoms with Crippen molar-refractivity contribution < 1.29 is 0 Å². The minimum atomic E-state index is 0.966. The van der Waals surface area contributed by atoms with Crippen LogP contribution in [0.1, 0.15) is 49.4 Å². The van der Waals surface area contributed by atoms with E-state index in [-0.39, 0.29) is 0 Å². The van der Waals surface area contributed by atoms with Crippen molar-refractivity contribution in [3.8, 4) is 0 Å². The second-order valence-corrected chi connectivity index (χ2v) is 8.49. The van der Waals surface area contributed by atoms with Gasteiger partial charge in [-0.3, -0.25) is 0 Å². The van der Waals surface area contributed by atoms with Crippen LogP contribution in [0.2, 0.25) is 0 Å². The molecule has 0 N–H and O–H groups in total. The molecule has 3 aromatic rings. The molecule has 0 saturated carbocycles. The standard InChI is InChI=1S/C28H32N2.C2H6/c1-5-30(17-9-16-29(3)4)25-13-15-27-24(20-25)19-23-18-21(2)12-14-26(23)28(27)22-10-7-6-8-11-22;1-2/h6-8,10-15,18,20H,2,5,9,16-17,19H2,1,3-4H3;1-2H3. The highest BCUT2D eigenvalue weighted by molar-refractivity contribution is 5.84. The van der Waals surface area contributed by atoms with Crippen molar-refractivity contribution in [1.82, 2.24) is 4.90 Å². The topological polar surface area (TPSA) is 6.48 Å².